The first-order valence-corrected chi connectivity index (χ1v) is 6.95. The smallest absolute Gasteiger partial charge is 0.115 e. The van der Waals surface area contributed by atoms with E-state index < -0.39 is 0 Å². The number of nitrogens with one attached hydrogen (secondary N) is 1. The Balaban J connectivity index is 2.14. The van der Waals surface area contributed by atoms with Gasteiger partial charge in [-0.3, -0.25) is 4.90 Å². The number of hydrogen-bond acceptors (Lipinski definition) is 3. The summed E-state index contributed by atoms with van der Waals surface area (Å²) in [5.41, 5.74) is 1.32. The molecule has 1 heterocycles. The number of phenols is 1. The fraction of sp³-hybridized carbons (Fsp3) is 0.600. The molecule has 0 spiro atoms. The summed E-state index contributed by atoms with van der Waals surface area (Å²) in [6.45, 7) is 4.49. The number of likely N-dealkylation sites (tertiary alicyclic amines) is 1. The summed E-state index contributed by atoms with van der Waals surface area (Å²) in [6, 6.07) is 8.82. The van der Waals surface area contributed by atoms with Crippen LogP contribution in [0.5, 0.6) is 5.75 Å². The van der Waals surface area contributed by atoms with Crippen LogP contribution in [0.25, 0.3) is 0 Å². The molecule has 0 bridgehead atoms. The first-order valence-electron chi connectivity index (χ1n) is 6.95. The van der Waals surface area contributed by atoms with E-state index in [1.54, 1.807) is 12.1 Å². The van der Waals surface area contributed by atoms with Gasteiger partial charge >= 0.3 is 0 Å². The topological polar surface area (TPSA) is 35.5 Å². The van der Waals surface area contributed by atoms with Gasteiger partial charge in [0.05, 0.1) is 0 Å². The first-order chi connectivity index (χ1) is 8.76. The third kappa shape index (κ3) is 2.85. The minimum Gasteiger partial charge on any atom is -0.508 e. The maximum atomic E-state index is 9.39. The van der Waals surface area contributed by atoms with Crippen LogP contribution in [0, 0.1) is 0 Å². The van der Waals surface area contributed by atoms with Crippen molar-refractivity contribution in [2.24, 2.45) is 0 Å². The van der Waals surface area contributed by atoms with Gasteiger partial charge in [-0.2, -0.15) is 0 Å². The molecule has 2 unspecified atom stereocenters. The molecule has 1 aromatic rings. The molecule has 0 radical (unpaired) electrons. The number of aromatic hydroxyl groups is 1. The van der Waals surface area contributed by atoms with Crippen LogP contribution in [-0.2, 0) is 0 Å². The van der Waals surface area contributed by atoms with Gasteiger partial charge in [0.25, 0.3) is 0 Å². The van der Waals surface area contributed by atoms with E-state index in [-0.39, 0.29) is 0 Å². The van der Waals surface area contributed by atoms with Crippen molar-refractivity contribution in [2.75, 3.05) is 20.1 Å². The average Bonchev–Trinajstić information content (AvgIpc) is 2.82. The van der Waals surface area contributed by atoms with Crippen molar-refractivity contribution in [3.8, 4) is 5.75 Å². The summed E-state index contributed by atoms with van der Waals surface area (Å²) >= 11 is 0. The van der Waals surface area contributed by atoms with Gasteiger partial charge in [-0.1, -0.05) is 19.1 Å². The Bertz CT molecular complexity index is 363. The molecule has 100 valence electrons. The number of nitrogens with zero attached hydrogens (tertiary/aromatic N) is 1. The maximum absolute atomic E-state index is 9.39. The maximum Gasteiger partial charge on any atom is 0.115 e. The molecule has 2 atom stereocenters. The van der Waals surface area contributed by atoms with Crippen LogP contribution in [0.4, 0.5) is 0 Å². The second-order valence-corrected chi connectivity index (χ2v) is 5.11. The third-order valence-corrected chi connectivity index (χ3v) is 3.93. The van der Waals surface area contributed by atoms with Crippen molar-refractivity contribution in [2.45, 2.75) is 38.3 Å². The predicted molar refractivity (Wildman–Crippen MR) is 74.8 cm³/mol. The summed E-state index contributed by atoms with van der Waals surface area (Å²) in [5, 5.41) is 12.7. The third-order valence-electron chi connectivity index (χ3n) is 3.93. The molecule has 2 rings (SSSR count). The number of benzene rings is 1. The summed E-state index contributed by atoms with van der Waals surface area (Å²) in [5.74, 6) is 0.349. The fourth-order valence-electron chi connectivity index (χ4n) is 3.08. The summed E-state index contributed by atoms with van der Waals surface area (Å²) < 4.78 is 0. The molecule has 0 aromatic heterocycles. The Labute approximate surface area is 110 Å². The van der Waals surface area contributed by atoms with E-state index in [4.69, 9.17) is 0 Å². The summed E-state index contributed by atoms with van der Waals surface area (Å²) in [4.78, 5) is 2.61. The average molecular weight is 248 g/mol. The molecular weight excluding hydrogens is 224 g/mol. The van der Waals surface area contributed by atoms with Crippen LogP contribution < -0.4 is 5.32 Å². The van der Waals surface area contributed by atoms with Gasteiger partial charge in [0.1, 0.15) is 5.75 Å². The zero-order chi connectivity index (χ0) is 13.0. The van der Waals surface area contributed by atoms with Crippen molar-refractivity contribution in [1.29, 1.82) is 0 Å². The van der Waals surface area contributed by atoms with Gasteiger partial charge in [0.2, 0.25) is 0 Å². The molecule has 3 heteroatoms. The highest BCUT2D eigenvalue weighted by molar-refractivity contribution is 5.28. The quantitative estimate of drug-likeness (QED) is 0.840. The van der Waals surface area contributed by atoms with Gasteiger partial charge in [-0.25, -0.2) is 0 Å². The molecule has 1 aromatic carbocycles. The zero-order valence-electron chi connectivity index (χ0n) is 11.4. The lowest BCUT2D eigenvalue weighted by molar-refractivity contribution is 0.174. The molecule has 18 heavy (non-hydrogen) atoms. The minimum atomic E-state index is 0.349. The van der Waals surface area contributed by atoms with Gasteiger partial charge in [0.15, 0.2) is 0 Å². The molecule has 0 saturated carbocycles. The van der Waals surface area contributed by atoms with Crippen LogP contribution in [0.3, 0.4) is 0 Å². The Hall–Kier alpha value is -1.06. The molecule has 1 fully saturated rings. The van der Waals surface area contributed by atoms with E-state index in [0.717, 1.165) is 13.0 Å². The van der Waals surface area contributed by atoms with Crippen molar-refractivity contribution >= 4 is 0 Å². The Kier molecular flexibility index (Phi) is 4.61. The van der Waals surface area contributed by atoms with E-state index >= 15 is 0 Å². The van der Waals surface area contributed by atoms with Crippen LogP contribution in [0.1, 0.15) is 37.8 Å². The normalized spacial score (nSPS) is 22.2. The van der Waals surface area contributed by atoms with Crippen molar-refractivity contribution in [3.05, 3.63) is 29.8 Å². The Morgan fingerprint density at radius 1 is 1.39 bits per heavy atom. The molecule has 1 aliphatic rings. The van der Waals surface area contributed by atoms with Crippen molar-refractivity contribution < 1.29 is 5.11 Å². The predicted octanol–water partition coefficient (Wildman–Crippen LogP) is 2.53. The molecule has 0 amide bonds. The zero-order valence-corrected chi connectivity index (χ0v) is 11.4. The summed E-state index contributed by atoms with van der Waals surface area (Å²) in [6.07, 6.45) is 3.70. The van der Waals surface area contributed by atoms with E-state index in [9.17, 15) is 5.11 Å². The Morgan fingerprint density at radius 3 is 2.72 bits per heavy atom. The second-order valence-electron chi connectivity index (χ2n) is 5.11. The lowest BCUT2D eigenvalue weighted by Crippen LogP contribution is -2.39. The number of phenolic OH excluding ortho intramolecular Hbond substituents is 1. The highest BCUT2D eigenvalue weighted by atomic mass is 16.3. The van der Waals surface area contributed by atoms with Gasteiger partial charge in [-0.15, -0.1) is 0 Å². The van der Waals surface area contributed by atoms with Gasteiger partial charge in [0, 0.05) is 18.6 Å². The number of hydrogen-bond donors (Lipinski definition) is 2. The molecule has 1 aliphatic heterocycles. The van der Waals surface area contributed by atoms with E-state index in [2.05, 4.69) is 29.3 Å². The fourth-order valence-corrected chi connectivity index (χ4v) is 3.08. The van der Waals surface area contributed by atoms with Gasteiger partial charge < -0.3 is 10.4 Å². The van der Waals surface area contributed by atoms with Crippen LogP contribution in [-0.4, -0.2) is 36.2 Å². The van der Waals surface area contributed by atoms with Crippen molar-refractivity contribution in [1.82, 2.24) is 10.2 Å². The second kappa shape index (κ2) is 6.21. The Morgan fingerprint density at radius 2 is 2.11 bits per heavy atom. The molecular formula is C15H24N2O. The molecule has 0 aliphatic carbocycles. The standard InChI is InChI=1S/C15H24N2O/c1-3-15(12-6-8-14(18)9-7-12)17-10-4-5-13(17)11-16-2/h6-9,13,15-16,18H,3-5,10-11H2,1-2H3. The number of rotatable bonds is 5. The largest absolute Gasteiger partial charge is 0.508 e. The molecule has 1 saturated heterocycles. The minimum absolute atomic E-state index is 0.349. The molecule has 3 nitrogen and oxygen atoms in total. The highest BCUT2D eigenvalue weighted by Gasteiger charge is 2.29. The summed E-state index contributed by atoms with van der Waals surface area (Å²) in [7, 11) is 2.03. The molecule has 2 N–H and O–H groups in total. The van der Waals surface area contributed by atoms with E-state index in [0.29, 0.717) is 17.8 Å². The lowest BCUT2D eigenvalue weighted by atomic mass is 10.0. The SMILES string of the molecule is CCC(c1ccc(O)cc1)N1CCCC1CNC. The van der Waals surface area contributed by atoms with Crippen LogP contribution in [0.15, 0.2) is 24.3 Å². The van der Waals surface area contributed by atoms with Crippen molar-refractivity contribution in [3.63, 3.8) is 0 Å². The first kappa shape index (κ1) is 13.4. The number of likely N-dealkylation sites (N-methyl/N-ethyl adjacent to an activating group) is 1. The van der Waals surface area contributed by atoms with Crippen LogP contribution >= 0.6 is 0 Å². The highest BCUT2D eigenvalue weighted by Crippen LogP contribution is 2.32. The lowest BCUT2D eigenvalue weighted by Gasteiger charge is -2.33. The van der Waals surface area contributed by atoms with E-state index in [1.807, 2.05) is 7.05 Å². The van der Waals surface area contributed by atoms with Gasteiger partial charge in [-0.05, 0) is 50.6 Å². The van der Waals surface area contributed by atoms with Crippen LogP contribution in [0.2, 0.25) is 0 Å². The van der Waals surface area contributed by atoms with E-state index in [1.165, 1.54) is 24.9 Å². The monoisotopic (exact) mass is 248 g/mol.